The molecule has 0 bridgehead atoms. The van der Waals surface area contributed by atoms with Crippen molar-refractivity contribution in [1.82, 2.24) is 15.1 Å². The SMILES string of the molecule is CC(C)(C)OC(=O)N1CC(N2CCNCC2)C1.Cl.Cl. The maximum atomic E-state index is 11.7. The molecule has 114 valence electrons. The van der Waals surface area contributed by atoms with E-state index in [4.69, 9.17) is 4.74 Å². The summed E-state index contributed by atoms with van der Waals surface area (Å²) in [6.45, 7) is 11.6. The Labute approximate surface area is 127 Å². The molecule has 0 spiro atoms. The van der Waals surface area contributed by atoms with Crippen LogP contribution in [-0.4, -0.2) is 66.8 Å². The van der Waals surface area contributed by atoms with Crippen LogP contribution < -0.4 is 5.32 Å². The Morgan fingerprint density at radius 3 is 2.16 bits per heavy atom. The third-order valence-electron chi connectivity index (χ3n) is 3.18. The van der Waals surface area contributed by atoms with E-state index in [-0.39, 0.29) is 30.9 Å². The van der Waals surface area contributed by atoms with E-state index in [1.807, 2.05) is 20.8 Å². The minimum atomic E-state index is -0.392. The van der Waals surface area contributed by atoms with E-state index in [1.165, 1.54) is 0 Å². The summed E-state index contributed by atoms with van der Waals surface area (Å²) in [4.78, 5) is 16.0. The summed E-state index contributed by atoms with van der Waals surface area (Å²) in [6, 6.07) is 0.532. The van der Waals surface area contributed by atoms with Crippen molar-refractivity contribution >= 4 is 30.9 Å². The van der Waals surface area contributed by atoms with Gasteiger partial charge < -0.3 is 15.0 Å². The first-order chi connectivity index (χ1) is 7.96. The van der Waals surface area contributed by atoms with Gasteiger partial charge in [0.25, 0.3) is 0 Å². The number of rotatable bonds is 1. The molecule has 2 rings (SSSR count). The molecule has 2 aliphatic rings. The van der Waals surface area contributed by atoms with Crippen LogP contribution in [0.5, 0.6) is 0 Å². The standard InChI is InChI=1S/C12H23N3O2.2ClH/c1-12(2,3)17-11(16)15-8-10(9-15)14-6-4-13-5-7-14;;/h10,13H,4-9H2,1-3H3;2*1H. The van der Waals surface area contributed by atoms with Crippen molar-refractivity contribution in [3.63, 3.8) is 0 Å². The fraction of sp³-hybridized carbons (Fsp3) is 0.917. The highest BCUT2D eigenvalue weighted by Crippen LogP contribution is 2.19. The van der Waals surface area contributed by atoms with Gasteiger partial charge in [0.15, 0.2) is 0 Å². The summed E-state index contributed by atoms with van der Waals surface area (Å²) in [5, 5.41) is 3.34. The molecule has 2 aliphatic heterocycles. The van der Waals surface area contributed by atoms with Crippen molar-refractivity contribution < 1.29 is 9.53 Å². The van der Waals surface area contributed by atoms with Crippen LogP contribution in [0.15, 0.2) is 0 Å². The number of carbonyl (C=O) groups is 1. The molecule has 0 aromatic rings. The van der Waals surface area contributed by atoms with E-state index in [2.05, 4.69) is 10.2 Å². The maximum Gasteiger partial charge on any atom is 0.410 e. The normalized spacial score (nSPS) is 20.9. The second kappa shape index (κ2) is 7.53. The second-order valence-electron chi connectivity index (χ2n) is 5.83. The van der Waals surface area contributed by atoms with Gasteiger partial charge in [-0.2, -0.15) is 0 Å². The summed E-state index contributed by atoms with van der Waals surface area (Å²) in [5.41, 5.74) is -0.392. The number of ether oxygens (including phenoxy) is 1. The number of carbonyl (C=O) groups excluding carboxylic acids is 1. The van der Waals surface area contributed by atoms with Crippen molar-refractivity contribution in [2.24, 2.45) is 0 Å². The summed E-state index contributed by atoms with van der Waals surface area (Å²) in [5.74, 6) is 0. The molecule has 19 heavy (non-hydrogen) atoms. The second-order valence-corrected chi connectivity index (χ2v) is 5.83. The lowest BCUT2D eigenvalue weighted by Gasteiger charge is -2.46. The lowest BCUT2D eigenvalue weighted by atomic mass is 10.1. The number of hydrogen-bond acceptors (Lipinski definition) is 4. The summed E-state index contributed by atoms with van der Waals surface area (Å²) >= 11 is 0. The molecule has 1 amide bonds. The average Bonchev–Trinajstić information content (AvgIpc) is 2.14. The van der Waals surface area contributed by atoms with Crippen molar-refractivity contribution in [3.8, 4) is 0 Å². The molecule has 1 N–H and O–H groups in total. The van der Waals surface area contributed by atoms with Crippen molar-refractivity contribution in [1.29, 1.82) is 0 Å². The van der Waals surface area contributed by atoms with Gasteiger partial charge in [0.1, 0.15) is 5.60 Å². The van der Waals surface area contributed by atoms with Gasteiger partial charge in [0.05, 0.1) is 0 Å². The molecule has 2 saturated heterocycles. The Morgan fingerprint density at radius 2 is 1.68 bits per heavy atom. The van der Waals surface area contributed by atoms with Crippen molar-refractivity contribution in [3.05, 3.63) is 0 Å². The van der Waals surface area contributed by atoms with Gasteiger partial charge in [0.2, 0.25) is 0 Å². The fourth-order valence-corrected chi connectivity index (χ4v) is 2.21. The number of amides is 1. The fourth-order valence-electron chi connectivity index (χ4n) is 2.21. The molecule has 0 atom stereocenters. The van der Waals surface area contributed by atoms with E-state index >= 15 is 0 Å². The lowest BCUT2D eigenvalue weighted by Crippen LogP contribution is -2.64. The zero-order chi connectivity index (χ0) is 12.5. The summed E-state index contributed by atoms with van der Waals surface area (Å²) < 4.78 is 5.33. The smallest absolute Gasteiger partial charge is 0.410 e. The molecule has 2 fully saturated rings. The molecule has 0 unspecified atom stereocenters. The van der Waals surface area contributed by atoms with Crippen LogP contribution in [0.4, 0.5) is 4.79 Å². The van der Waals surface area contributed by atoms with Gasteiger partial charge >= 0.3 is 6.09 Å². The van der Waals surface area contributed by atoms with Gasteiger partial charge in [-0.1, -0.05) is 0 Å². The first-order valence-electron chi connectivity index (χ1n) is 6.38. The van der Waals surface area contributed by atoms with Crippen LogP contribution in [0.2, 0.25) is 0 Å². The minimum absolute atomic E-state index is 0. The Kier molecular flexibility index (Phi) is 7.43. The quantitative estimate of drug-likeness (QED) is 0.794. The van der Waals surface area contributed by atoms with E-state index in [0.29, 0.717) is 6.04 Å². The van der Waals surface area contributed by atoms with Crippen LogP contribution in [0.3, 0.4) is 0 Å². The first kappa shape index (κ1) is 18.8. The topological polar surface area (TPSA) is 44.8 Å². The van der Waals surface area contributed by atoms with Gasteiger partial charge in [-0.05, 0) is 20.8 Å². The Hall–Kier alpha value is -0.230. The van der Waals surface area contributed by atoms with E-state index in [1.54, 1.807) is 4.90 Å². The molecule has 7 heteroatoms. The molecule has 0 radical (unpaired) electrons. The van der Waals surface area contributed by atoms with E-state index in [9.17, 15) is 4.79 Å². The van der Waals surface area contributed by atoms with Crippen LogP contribution in [0, 0.1) is 0 Å². The van der Waals surface area contributed by atoms with Crippen molar-refractivity contribution in [2.45, 2.75) is 32.4 Å². The zero-order valence-corrected chi connectivity index (χ0v) is 13.5. The highest BCUT2D eigenvalue weighted by Gasteiger charge is 2.37. The maximum absolute atomic E-state index is 11.7. The van der Waals surface area contributed by atoms with Gasteiger partial charge in [-0.3, -0.25) is 4.90 Å². The van der Waals surface area contributed by atoms with Crippen LogP contribution in [0.25, 0.3) is 0 Å². The zero-order valence-electron chi connectivity index (χ0n) is 11.8. The van der Waals surface area contributed by atoms with Crippen molar-refractivity contribution in [2.75, 3.05) is 39.3 Å². The average molecular weight is 314 g/mol. The molecule has 0 aliphatic carbocycles. The monoisotopic (exact) mass is 313 g/mol. The largest absolute Gasteiger partial charge is 0.444 e. The number of piperazine rings is 1. The van der Waals surface area contributed by atoms with Gasteiger partial charge in [-0.25, -0.2) is 4.79 Å². The predicted octanol–water partition coefficient (Wildman–Crippen LogP) is 1.35. The summed E-state index contributed by atoms with van der Waals surface area (Å²) in [6.07, 6.45) is -0.177. The van der Waals surface area contributed by atoms with Crippen LogP contribution in [0.1, 0.15) is 20.8 Å². The molecular formula is C12H25Cl2N3O2. The van der Waals surface area contributed by atoms with Gasteiger partial charge in [0, 0.05) is 45.3 Å². The Morgan fingerprint density at radius 1 is 1.16 bits per heavy atom. The van der Waals surface area contributed by atoms with Crippen LogP contribution in [-0.2, 0) is 4.74 Å². The molecular weight excluding hydrogens is 289 g/mol. The molecule has 2 heterocycles. The molecule has 0 saturated carbocycles. The lowest BCUT2D eigenvalue weighted by molar-refractivity contribution is -0.0172. The number of halogens is 2. The van der Waals surface area contributed by atoms with E-state index < -0.39 is 5.60 Å². The molecule has 0 aromatic heterocycles. The van der Waals surface area contributed by atoms with Crippen LogP contribution >= 0.6 is 24.8 Å². The highest BCUT2D eigenvalue weighted by atomic mass is 35.5. The Bertz CT molecular complexity index is 285. The summed E-state index contributed by atoms with van der Waals surface area (Å²) in [7, 11) is 0. The Balaban J connectivity index is 0.00000162. The number of nitrogens with zero attached hydrogens (tertiary/aromatic N) is 2. The number of nitrogens with one attached hydrogen (secondary N) is 1. The van der Waals surface area contributed by atoms with Gasteiger partial charge in [-0.15, -0.1) is 24.8 Å². The number of likely N-dealkylation sites (tertiary alicyclic amines) is 1. The number of hydrogen-bond donors (Lipinski definition) is 1. The predicted molar refractivity (Wildman–Crippen MR) is 80.5 cm³/mol. The molecule has 5 nitrogen and oxygen atoms in total. The molecule has 0 aromatic carbocycles. The first-order valence-corrected chi connectivity index (χ1v) is 6.38. The van der Waals surface area contributed by atoms with E-state index in [0.717, 1.165) is 39.3 Å². The highest BCUT2D eigenvalue weighted by molar-refractivity contribution is 5.85. The third-order valence-corrected chi connectivity index (χ3v) is 3.18. The minimum Gasteiger partial charge on any atom is -0.444 e. The third kappa shape index (κ3) is 5.34.